The molecule has 0 saturated carbocycles. The Kier molecular flexibility index (Phi) is 5.50. The molecule has 0 unspecified atom stereocenters. The lowest BCUT2D eigenvalue weighted by molar-refractivity contribution is 0.495. The van der Waals surface area contributed by atoms with Crippen LogP contribution in [-0.4, -0.2) is 5.75 Å². The van der Waals surface area contributed by atoms with Gasteiger partial charge in [0.15, 0.2) is 11.6 Å². The number of hydrogen-bond donors (Lipinski definition) is 0. The van der Waals surface area contributed by atoms with Crippen molar-refractivity contribution in [1.29, 1.82) is 0 Å². The van der Waals surface area contributed by atoms with Crippen molar-refractivity contribution in [3.05, 3.63) is 34.6 Å². The van der Waals surface area contributed by atoms with E-state index in [1.165, 1.54) is 0 Å². The van der Waals surface area contributed by atoms with Crippen molar-refractivity contribution < 1.29 is 18.0 Å². The summed E-state index contributed by atoms with van der Waals surface area (Å²) in [6.07, 6.45) is 0. The van der Waals surface area contributed by atoms with Gasteiger partial charge in [-0.3, -0.25) is 4.79 Å². The molecule has 0 radical (unpaired) electrons. The molecule has 0 aliphatic heterocycles. The molecule has 13 heavy (non-hydrogen) atoms. The zero-order valence-electron chi connectivity index (χ0n) is 6.03. The highest BCUT2D eigenvalue weighted by molar-refractivity contribution is 6.54. The van der Waals surface area contributed by atoms with Gasteiger partial charge in [-0.2, -0.15) is 0 Å². The molecule has 0 N–H and O–H groups in total. The maximum Gasteiger partial charge on any atom is 0.208 e. The van der Waals surface area contributed by atoms with Crippen LogP contribution in [0.1, 0.15) is 0 Å². The molecule has 1 aromatic rings. The van der Waals surface area contributed by atoms with E-state index >= 15 is 0 Å². The summed E-state index contributed by atoms with van der Waals surface area (Å²) in [7, 11) is 0. The third-order valence-corrected chi connectivity index (χ3v) is 1.33. The number of benzene rings is 1. The maximum absolute atomic E-state index is 12.2. The SMILES string of the molecule is Fc1ccc(F)c(Cl)c1F.O=CCl. The number of hydrogen-bond acceptors (Lipinski definition) is 1. The second-order valence-corrected chi connectivity index (χ2v) is 2.30. The molecule has 6 heteroatoms. The smallest absolute Gasteiger partial charge is 0.208 e. The zero-order valence-corrected chi connectivity index (χ0v) is 7.54. The first-order chi connectivity index (χ1) is 6.04. The molecule has 0 amide bonds. The summed E-state index contributed by atoms with van der Waals surface area (Å²) < 4.78 is 36.6. The molecule has 1 nitrogen and oxygen atoms in total. The highest BCUT2D eigenvalue weighted by atomic mass is 35.5. The van der Waals surface area contributed by atoms with Gasteiger partial charge in [-0.15, -0.1) is 0 Å². The topological polar surface area (TPSA) is 17.1 Å². The number of carbonyl (C=O) groups is 1. The fraction of sp³-hybridized carbons (Fsp3) is 0. The van der Waals surface area contributed by atoms with Gasteiger partial charge >= 0.3 is 0 Å². The molecular weight excluding hydrogens is 228 g/mol. The van der Waals surface area contributed by atoms with E-state index < -0.39 is 22.5 Å². The van der Waals surface area contributed by atoms with Crippen molar-refractivity contribution in [3.63, 3.8) is 0 Å². The molecule has 1 rings (SSSR count). The lowest BCUT2D eigenvalue weighted by Gasteiger charge is -1.94. The predicted octanol–water partition coefficient (Wildman–Crippen LogP) is 3.17. The van der Waals surface area contributed by atoms with Gasteiger partial charge in [0.25, 0.3) is 0 Å². The van der Waals surface area contributed by atoms with Gasteiger partial charge < -0.3 is 0 Å². The summed E-state index contributed by atoms with van der Waals surface area (Å²) in [6, 6.07) is 1.44. The highest BCUT2D eigenvalue weighted by Crippen LogP contribution is 2.20. The second kappa shape index (κ2) is 5.83. The molecule has 0 aromatic heterocycles. The standard InChI is InChI=1S/C6H2ClF3.CHClO/c7-5-3(8)1-2-4(9)6(5)10;2-1-3/h1-2H;1H. The molecule has 0 aliphatic carbocycles. The van der Waals surface area contributed by atoms with E-state index in [2.05, 4.69) is 11.6 Å². The summed E-state index contributed by atoms with van der Waals surface area (Å²) in [5.41, 5.74) is 0. The van der Waals surface area contributed by atoms with E-state index in [4.69, 9.17) is 16.4 Å². The fourth-order valence-electron chi connectivity index (χ4n) is 0.502. The third-order valence-electron chi connectivity index (χ3n) is 0.988. The lowest BCUT2D eigenvalue weighted by Crippen LogP contribution is -1.87. The van der Waals surface area contributed by atoms with Crippen LogP contribution in [0.3, 0.4) is 0 Å². The van der Waals surface area contributed by atoms with Gasteiger partial charge in [-0.05, 0) is 23.7 Å². The number of rotatable bonds is 0. The largest absolute Gasteiger partial charge is 0.285 e. The maximum atomic E-state index is 12.2. The van der Waals surface area contributed by atoms with E-state index in [-0.39, 0.29) is 5.75 Å². The molecule has 0 heterocycles. The first kappa shape index (κ1) is 12.3. The molecule has 1 aromatic carbocycles. The van der Waals surface area contributed by atoms with Crippen molar-refractivity contribution in [1.82, 2.24) is 0 Å². The summed E-state index contributed by atoms with van der Waals surface area (Å²) in [4.78, 5) is 8.57. The van der Waals surface area contributed by atoms with Crippen LogP contribution in [0.2, 0.25) is 5.02 Å². The molecule has 0 aliphatic rings. The van der Waals surface area contributed by atoms with Crippen molar-refractivity contribution in [2.75, 3.05) is 0 Å². The predicted molar refractivity (Wildman–Crippen MR) is 43.9 cm³/mol. The Morgan fingerprint density at radius 2 is 1.54 bits per heavy atom. The summed E-state index contributed by atoms with van der Waals surface area (Å²) in [6.45, 7) is 0. The van der Waals surface area contributed by atoms with E-state index in [0.717, 1.165) is 6.07 Å². The third kappa shape index (κ3) is 3.65. The summed E-state index contributed by atoms with van der Waals surface area (Å²) in [5, 5.41) is -0.806. The first-order valence-corrected chi connectivity index (χ1v) is 3.68. The average Bonchev–Trinajstić information content (AvgIpc) is 2.10. The first-order valence-electron chi connectivity index (χ1n) is 2.87. The molecular formula is C7H3Cl2F3O. The Hall–Kier alpha value is -0.740. The normalized spacial score (nSPS) is 8.69. The Morgan fingerprint density at radius 3 is 1.92 bits per heavy atom. The number of carbonyl (C=O) groups excluding carboxylic acids is 1. The molecule has 72 valence electrons. The fourth-order valence-corrected chi connectivity index (χ4v) is 0.656. The van der Waals surface area contributed by atoms with E-state index in [1.54, 1.807) is 0 Å². The minimum absolute atomic E-state index is 0.222. The minimum atomic E-state index is -1.35. The molecule has 0 bridgehead atoms. The van der Waals surface area contributed by atoms with Crippen LogP contribution in [-0.2, 0) is 4.79 Å². The Labute approximate surface area is 82.1 Å². The van der Waals surface area contributed by atoms with Gasteiger partial charge in [-0.1, -0.05) is 11.6 Å². The Balaban J connectivity index is 0.000000424. The molecule has 0 atom stereocenters. The van der Waals surface area contributed by atoms with Gasteiger partial charge in [0.2, 0.25) is 5.75 Å². The molecule has 0 fully saturated rings. The summed E-state index contributed by atoms with van der Waals surface area (Å²) >= 11 is 9.31. The van der Waals surface area contributed by atoms with Crippen LogP contribution >= 0.6 is 23.2 Å². The van der Waals surface area contributed by atoms with Crippen LogP contribution in [0.5, 0.6) is 0 Å². The summed E-state index contributed by atoms with van der Waals surface area (Å²) in [5.74, 6) is -3.23. The van der Waals surface area contributed by atoms with Crippen molar-refractivity contribution in [3.8, 4) is 0 Å². The van der Waals surface area contributed by atoms with Gasteiger partial charge in [-0.25, -0.2) is 13.2 Å². The minimum Gasteiger partial charge on any atom is -0.285 e. The highest BCUT2D eigenvalue weighted by Gasteiger charge is 2.09. The average molecular weight is 231 g/mol. The van der Waals surface area contributed by atoms with Gasteiger partial charge in [0.1, 0.15) is 10.8 Å². The van der Waals surface area contributed by atoms with Gasteiger partial charge in [0.05, 0.1) is 0 Å². The number of halogens is 5. The van der Waals surface area contributed by atoms with Crippen LogP contribution < -0.4 is 0 Å². The Bertz CT molecular complexity index is 277. The van der Waals surface area contributed by atoms with Crippen LogP contribution in [0.15, 0.2) is 12.1 Å². The quantitative estimate of drug-likeness (QED) is 0.290. The monoisotopic (exact) mass is 230 g/mol. The van der Waals surface area contributed by atoms with E-state index in [9.17, 15) is 13.2 Å². The second-order valence-electron chi connectivity index (χ2n) is 1.75. The van der Waals surface area contributed by atoms with Crippen LogP contribution in [0.4, 0.5) is 13.2 Å². The van der Waals surface area contributed by atoms with E-state index in [1.807, 2.05) is 0 Å². The van der Waals surface area contributed by atoms with Crippen molar-refractivity contribution >= 4 is 28.9 Å². The van der Waals surface area contributed by atoms with Crippen LogP contribution in [0, 0.1) is 17.5 Å². The molecule has 0 saturated heterocycles. The zero-order chi connectivity index (χ0) is 10.4. The lowest BCUT2D eigenvalue weighted by atomic mass is 10.3. The van der Waals surface area contributed by atoms with E-state index in [0.29, 0.717) is 6.07 Å². The Morgan fingerprint density at radius 1 is 1.15 bits per heavy atom. The molecule has 0 spiro atoms. The van der Waals surface area contributed by atoms with Crippen molar-refractivity contribution in [2.24, 2.45) is 0 Å². The van der Waals surface area contributed by atoms with Gasteiger partial charge in [0, 0.05) is 0 Å². The van der Waals surface area contributed by atoms with Crippen molar-refractivity contribution in [2.45, 2.75) is 0 Å². The van der Waals surface area contributed by atoms with Crippen LogP contribution in [0.25, 0.3) is 0 Å².